The Morgan fingerprint density at radius 1 is 0.900 bits per heavy atom. The van der Waals surface area contributed by atoms with Crippen molar-refractivity contribution in [2.45, 2.75) is 134 Å². The molecule has 3 N–H and O–H groups in total. The van der Waals surface area contributed by atoms with Gasteiger partial charge in [-0.05, 0) is 154 Å². The third kappa shape index (κ3) is 12.2. The van der Waals surface area contributed by atoms with Crippen LogP contribution in [0.2, 0.25) is 10.0 Å². The summed E-state index contributed by atoms with van der Waals surface area (Å²) in [7, 11) is -3.75. The van der Waals surface area contributed by atoms with Gasteiger partial charge < -0.3 is 29.7 Å². The summed E-state index contributed by atoms with van der Waals surface area (Å²) in [6.45, 7) is 9.59. The number of amides is 1. The highest BCUT2D eigenvalue weighted by molar-refractivity contribution is 7.91. The van der Waals surface area contributed by atoms with Crippen LogP contribution in [0.1, 0.15) is 120 Å². The minimum atomic E-state index is -3.75. The SMILES string of the molecule is CC(O)(CCCCCCOCCOCc1cn(CCOCCS(=O)(=O)c2ccc(C(=O)Nc3ccc(Cl)c(-c4ccccn4)c3)c(Cl)c2)nn1)C1CC[C@H]2[C@@H]3CC=C4C[C@@H](O)CC[C@]4(C)[C@H]3CC[C@]12C. The lowest BCUT2D eigenvalue weighted by Gasteiger charge is -2.59. The maximum atomic E-state index is 13.1. The molecule has 0 radical (unpaired) electrons. The van der Waals surface area contributed by atoms with Crippen LogP contribution >= 0.6 is 23.2 Å². The molecular weight excluding hydrogens is 950 g/mol. The van der Waals surface area contributed by atoms with Crippen molar-refractivity contribution in [1.29, 1.82) is 0 Å². The number of rotatable bonds is 23. The summed E-state index contributed by atoms with van der Waals surface area (Å²) in [5, 5.41) is 33.9. The average Bonchev–Trinajstić information content (AvgIpc) is 3.95. The number of hydrogen-bond donors (Lipinski definition) is 3. The number of pyridine rings is 1. The number of hydrogen-bond acceptors (Lipinski definition) is 11. The molecule has 70 heavy (non-hydrogen) atoms. The van der Waals surface area contributed by atoms with E-state index in [2.05, 4.69) is 47.5 Å². The summed E-state index contributed by atoms with van der Waals surface area (Å²) in [5.41, 5.74) is 3.90. The molecule has 8 atom stereocenters. The van der Waals surface area contributed by atoms with E-state index in [1.807, 2.05) is 12.1 Å². The molecular formula is C54H71Cl2N5O8S. The van der Waals surface area contributed by atoms with Gasteiger partial charge in [-0.2, -0.15) is 0 Å². The number of aliphatic hydroxyl groups excluding tert-OH is 1. The fraction of sp³-hybridized carbons (Fsp3) is 0.593. The molecule has 4 aromatic rings. The van der Waals surface area contributed by atoms with Gasteiger partial charge >= 0.3 is 0 Å². The number of carbonyl (C=O) groups is 1. The summed E-state index contributed by atoms with van der Waals surface area (Å²) in [5.74, 6) is 1.68. The first kappa shape index (κ1) is 52.6. The van der Waals surface area contributed by atoms with E-state index in [-0.39, 0.29) is 51.4 Å². The van der Waals surface area contributed by atoms with Crippen LogP contribution in [0.15, 0.2) is 83.5 Å². The van der Waals surface area contributed by atoms with Gasteiger partial charge in [-0.1, -0.05) is 79.2 Å². The smallest absolute Gasteiger partial charge is 0.257 e. The Bertz CT molecular complexity index is 2560. The van der Waals surface area contributed by atoms with Crippen LogP contribution in [-0.2, 0) is 37.2 Å². The van der Waals surface area contributed by atoms with Crippen LogP contribution in [0.4, 0.5) is 5.69 Å². The van der Waals surface area contributed by atoms with E-state index in [4.69, 9.17) is 37.4 Å². The van der Waals surface area contributed by atoms with Gasteiger partial charge in [-0.25, -0.2) is 13.1 Å². The lowest BCUT2D eigenvalue weighted by molar-refractivity contribution is -0.105. The summed E-state index contributed by atoms with van der Waals surface area (Å²) in [6, 6.07) is 14.5. The number of carbonyl (C=O) groups excluding carboxylic acids is 1. The van der Waals surface area contributed by atoms with Crippen molar-refractivity contribution < 1.29 is 37.6 Å². The molecule has 3 saturated carbocycles. The Hall–Kier alpha value is -3.73. The van der Waals surface area contributed by atoms with Crippen molar-refractivity contribution in [1.82, 2.24) is 20.0 Å². The van der Waals surface area contributed by atoms with E-state index in [0.717, 1.165) is 70.1 Å². The molecule has 2 heterocycles. The lowest BCUT2D eigenvalue weighted by atomic mass is 9.46. The molecule has 0 bridgehead atoms. The number of allylic oxidation sites excluding steroid dienone is 1. The predicted molar refractivity (Wildman–Crippen MR) is 272 cm³/mol. The molecule has 3 fully saturated rings. The molecule has 8 rings (SSSR count). The Balaban J connectivity index is 0.657. The molecule has 0 aliphatic heterocycles. The van der Waals surface area contributed by atoms with Crippen molar-refractivity contribution in [3.63, 3.8) is 0 Å². The zero-order valence-electron chi connectivity index (χ0n) is 41.0. The normalized spacial score (nSPS) is 26.2. The van der Waals surface area contributed by atoms with E-state index in [0.29, 0.717) is 78.4 Å². The molecule has 0 saturated heterocycles. The Kier molecular flexibility index (Phi) is 17.3. The highest BCUT2D eigenvalue weighted by atomic mass is 35.5. The molecule has 13 nitrogen and oxygen atoms in total. The number of ether oxygens (including phenoxy) is 3. The minimum Gasteiger partial charge on any atom is -0.393 e. The van der Waals surface area contributed by atoms with Gasteiger partial charge in [0, 0.05) is 24.1 Å². The number of sulfone groups is 1. The van der Waals surface area contributed by atoms with Crippen LogP contribution < -0.4 is 5.32 Å². The maximum absolute atomic E-state index is 13.1. The van der Waals surface area contributed by atoms with Crippen LogP contribution in [0.5, 0.6) is 0 Å². The zero-order chi connectivity index (χ0) is 49.5. The maximum Gasteiger partial charge on any atom is 0.257 e. The molecule has 2 aromatic heterocycles. The number of fused-ring (bicyclic) bond motifs is 5. The summed E-state index contributed by atoms with van der Waals surface area (Å²) < 4.78 is 45.0. The van der Waals surface area contributed by atoms with Gasteiger partial charge in [-0.15, -0.1) is 5.10 Å². The second-order valence-electron chi connectivity index (χ2n) is 20.9. The molecule has 1 amide bonds. The van der Waals surface area contributed by atoms with E-state index in [9.17, 15) is 23.4 Å². The van der Waals surface area contributed by atoms with Gasteiger partial charge in [0.15, 0.2) is 9.84 Å². The third-order valence-corrected chi connectivity index (χ3v) is 18.7. The number of halogens is 2. The number of nitrogens with zero attached hydrogens (tertiary/aromatic N) is 4. The van der Waals surface area contributed by atoms with Crippen molar-refractivity contribution in [2.75, 3.05) is 44.1 Å². The number of nitrogens with one attached hydrogen (secondary N) is 1. The number of benzene rings is 2. The van der Waals surface area contributed by atoms with Crippen molar-refractivity contribution in [3.8, 4) is 11.3 Å². The molecule has 16 heteroatoms. The first-order valence-electron chi connectivity index (χ1n) is 25.3. The van der Waals surface area contributed by atoms with E-state index >= 15 is 0 Å². The number of aliphatic hydroxyl groups is 2. The Labute approximate surface area is 424 Å². The molecule has 2 unspecified atom stereocenters. The summed E-state index contributed by atoms with van der Waals surface area (Å²) in [4.78, 5) is 17.4. The third-order valence-electron chi connectivity index (χ3n) is 16.4. The monoisotopic (exact) mass is 1020 g/mol. The van der Waals surface area contributed by atoms with Crippen LogP contribution in [0, 0.1) is 34.5 Å². The predicted octanol–water partition coefficient (Wildman–Crippen LogP) is 10.6. The molecule has 4 aliphatic rings. The molecule has 380 valence electrons. The Morgan fingerprint density at radius 2 is 1.71 bits per heavy atom. The molecule has 2 aromatic carbocycles. The second kappa shape index (κ2) is 23.0. The van der Waals surface area contributed by atoms with Gasteiger partial charge in [-0.3, -0.25) is 9.78 Å². The standard InChI is InChI=1S/C54H71Cl2N5O8S/c1-52-22-19-40(62)32-37(52)11-14-42-45-16-18-50(53(45,2)23-20-46(42)52)54(3,64)21-7-4-5-9-26-67-28-29-69-36-39-35-61(60-59-39)25-27-68-30-31-70(65,66)41-13-15-43(48(56)34-41)51(63)58-38-12-17-47(55)44(33-38)49-10-6-8-24-57-49/h6,8,10-13,15,17,24,33-35,40,42,45-46,50,62,64H,4-5,7,9,14,16,18-23,25-32,36H2,1-3H3,(H,58,63)/t40-,42-,45-,46-,50?,52-,53-,54?/m0/s1. The summed E-state index contributed by atoms with van der Waals surface area (Å²) >= 11 is 12.8. The van der Waals surface area contributed by atoms with Crippen molar-refractivity contribution >= 4 is 44.6 Å². The van der Waals surface area contributed by atoms with Gasteiger partial charge in [0.1, 0.15) is 5.69 Å². The number of aromatic nitrogens is 4. The number of anilines is 1. The van der Waals surface area contributed by atoms with Crippen molar-refractivity contribution in [2.24, 2.45) is 34.5 Å². The van der Waals surface area contributed by atoms with Crippen LogP contribution in [0.3, 0.4) is 0 Å². The van der Waals surface area contributed by atoms with E-state index < -0.39 is 21.3 Å². The highest BCUT2D eigenvalue weighted by Gasteiger charge is 2.61. The largest absolute Gasteiger partial charge is 0.393 e. The quantitative estimate of drug-likeness (QED) is 0.0476. The summed E-state index contributed by atoms with van der Waals surface area (Å²) in [6.07, 6.45) is 19.7. The van der Waals surface area contributed by atoms with Crippen LogP contribution in [-0.4, -0.2) is 95.0 Å². The van der Waals surface area contributed by atoms with E-state index in [1.165, 1.54) is 43.0 Å². The number of unbranched alkanes of at least 4 members (excludes halogenated alkanes) is 3. The average molecular weight is 1020 g/mol. The van der Waals surface area contributed by atoms with Crippen LogP contribution in [0.25, 0.3) is 11.3 Å². The second-order valence-corrected chi connectivity index (χ2v) is 23.8. The lowest BCUT2D eigenvalue weighted by Crippen LogP contribution is -2.53. The van der Waals surface area contributed by atoms with E-state index in [1.54, 1.807) is 41.3 Å². The van der Waals surface area contributed by atoms with Gasteiger partial charge in [0.2, 0.25) is 0 Å². The zero-order valence-corrected chi connectivity index (χ0v) is 43.3. The first-order valence-corrected chi connectivity index (χ1v) is 27.7. The fourth-order valence-corrected chi connectivity index (χ4v) is 14.4. The molecule has 4 aliphatic carbocycles. The van der Waals surface area contributed by atoms with Gasteiger partial charge in [0.05, 0.1) is 89.4 Å². The topological polar surface area (TPSA) is 175 Å². The fourth-order valence-electron chi connectivity index (χ4n) is 12.7. The van der Waals surface area contributed by atoms with Crippen molar-refractivity contribution in [3.05, 3.63) is 99.9 Å². The minimum absolute atomic E-state index is 0.00192. The van der Waals surface area contributed by atoms with Gasteiger partial charge in [0.25, 0.3) is 5.91 Å². The highest BCUT2D eigenvalue weighted by Crippen LogP contribution is 2.67. The first-order chi connectivity index (χ1) is 33.6. The molecule has 0 spiro atoms. The Morgan fingerprint density at radius 3 is 2.53 bits per heavy atom.